The molecule has 108 valence electrons. The van der Waals surface area contributed by atoms with Gasteiger partial charge in [0.05, 0.1) is 16.2 Å². The smallest absolute Gasteiger partial charge is 0.292 e. The van der Waals surface area contributed by atoms with Gasteiger partial charge in [0.15, 0.2) is 0 Å². The van der Waals surface area contributed by atoms with Crippen LogP contribution in [-0.2, 0) is 0 Å². The number of nitrogens with two attached hydrogens (primary N) is 1. The van der Waals surface area contributed by atoms with Gasteiger partial charge < -0.3 is 11.1 Å². The fourth-order valence-corrected chi connectivity index (χ4v) is 2.91. The van der Waals surface area contributed by atoms with Gasteiger partial charge in [-0.25, -0.2) is 0 Å². The van der Waals surface area contributed by atoms with Crippen molar-refractivity contribution in [1.29, 1.82) is 0 Å². The SMILES string of the molecule is Nc1c(C(=O)Nc2c(Br)cccc2Br)cccc1[N+](=O)[O-]. The summed E-state index contributed by atoms with van der Waals surface area (Å²) in [5.41, 5.74) is 5.80. The zero-order chi connectivity index (χ0) is 15.6. The molecule has 0 radical (unpaired) electrons. The van der Waals surface area contributed by atoms with E-state index in [4.69, 9.17) is 5.73 Å². The van der Waals surface area contributed by atoms with Crippen LogP contribution in [0.3, 0.4) is 0 Å². The predicted molar refractivity (Wildman–Crippen MR) is 87.3 cm³/mol. The van der Waals surface area contributed by atoms with Gasteiger partial charge in [-0.05, 0) is 50.1 Å². The van der Waals surface area contributed by atoms with E-state index in [-0.39, 0.29) is 16.9 Å². The highest BCUT2D eigenvalue weighted by Gasteiger charge is 2.20. The molecule has 0 saturated heterocycles. The van der Waals surface area contributed by atoms with Crippen molar-refractivity contribution < 1.29 is 9.72 Å². The zero-order valence-corrected chi connectivity index (χ0v) is 13.6. The number of para-hydroxylation sites is 2. The summed E-state index contributed by atoms with van der Waals surface area (Å²) < 4.78 is 1.35. The summed E-state index contributed by atoms with van der Waals surface area (Å²) in [6.07, 6.45) is 0. The third-order valence-corrected chi connectivity index (χ3v) is 4.05. The summed E-state index contributed by atoms with van der Waals surface area (Å²) in [6, 6.07) is 9.42. The minimum Gasteiger partial charge on any atom is -0.393 e. The second-order valence-electron chi connectivity index (χ2n) is 4.05. The van der Waals surface area contributed by atoms with Gasteiger partial charge in [-0.15, -0.1) is 0 Å². The number of carbonyl (C=O) groups is 1. The van der Waals surface area contributed by atoms with Gasteiger partial charge in [0.25, 0.3) is 11.6 Å². The van der Waals surface area contributed by atoms with E-state index in [9.17, 15) is 14.9 Å². The molecule has 21 heavy (non-hydrogen) atoms. The number of nitrogens with one attached hydrogen (secondary N) is 1. The molecule has 0 aliphatic heterocycles. The van der Waals surface area contributed by atoms with Crippen LogP contribution in [0.1, 0.15) is 10.4 Å². The van der Waals surface area contributed by atoms with Crippen LogP contribution in [0.4, 0.5) is 17.1 Å². The van der Waals surface area contributed by atoms with E-state index in [0.717, 1.165) is 0 Å². The van der Waals surface area contributed by atoms with Crippen LogP contribution < -0.4 is 11.1 Å². The van der Waals surface area contributed by atoms with Gasteiger partial charge in [0.1, 0.15) is 5.69 Å². The average molecular weight is 415 g/mol. The Morgan fingerprint density at radius 1 is 1.14 bits per heavy atom. The summed E-state index contributed by atoms with van der Waals surface area (Å²) in [5, 5.41) is 13.5. The van der Waals surface area contributed by atoms with Gasteiger partial charge in [0.2, 0.25) is 0 Å². The first-order valence-corrected chi connectivity index (χ1v) is 7.28. The molecule has 0 aliphatic rings. The van der Waals surface area contributed by atoms with Crippen molar-refractivity contribution in [3.05, 3.63) is 61.0 Å². The molecule has 6 nitrogen and oxygen atoms in total. The van der Waals surface area contributed by atoms with Crippen molar-refractivity contribution in [2.45, 2.75) is 0 Å². The minimum atomic E-state index is -0.625. The number of nitro groups is 1. The Balaban J connectivity index is 2.38. The minimum absolute atomic E-state index is 0.0480. The van der Waals surface area contributed by atoms with Gasteiger partial charge >= 0.3 is 0 Å². The van der Waals surface area contributed by atoms with Gasteiger partial charge in [0, 0.05) is 15.0 Å². The average Bonchev–Trinajstić information content (AvgIpc) is 2.42. The molecule has 0 bridgehead atoms. The van der Waals surface area contributed by atoms with Gasteiger partial charge in [-0.1, -0.05) is 12.1 Å². The molecule has 0 unspecified atom stereocenters. The first-order valence-electron chi connectivity index (χ1n) is 5.70. The van der Waals surface area contributed by atoms with Gasteiger partial charge in [-0.2, -0.15) is 0 Å². The lowest BCUT2D eigenvalue weighted by Gasteiger charge is -2.10. The number of nitro benzene ring substituents is 1. The van der Waals surface area contributed by atoms with Crippen molar-refractivity contribution in [1.82, 2.24) is 0 Å². The Labute approximate surface area is 136 Å². The molecule has 0 heterocycles. The van der Waals surface area contributed by atoms with Crippen molar-refractivity contribution in [2.24, 2.45) is 0 Å². The summed E-state index contributed by atoms with van der Waals surface area (Å²) in [5.74, 6) is -0.524. The van der Waals surface area contributed by atoms with E-state index in [2.05, 4.69) is 37.2 Å². The number of halogens is 2. The van der Waals surface area contributed by atoms with Crippen LogP contribution in [0, 0.1) is 10.1 Å². The molecule has 2 aromatic carbocycles. The highest BCUT2D eigenvalue weighted by atomic mass is 79.9. The number of hydrogen-bond acceptors (Lipinski definition) is 4. The maximum Gasteiger partial charge on any atom is 0.292 e. The van der Waals surface area contributed by atoms with Crippen molar-refractivity contribution in [3.63, 3.8) is 0 Å². The van der Waals surface area contributed by atoms with Crippen LogP contribution in [0.2, 0.25) is 0 Å². The molecule has 0 saturated carbocycles. The normalized spacial score (nSPS) is 10.2. The third kappa shape index (κ3) is 3.22. The number of rotatable bonds is 3. The number of nitrogens with zero attached hydrogens (tertiary/aromatic N) is 1. The summed E-state index contributed by atoms with van der Waals surface area (Å²) in [7, 11) is 0. The molecule has 0 atom stereocenters. The third-order valence-electron chi connectivity index (χ3n) is 2.73. The van der Waals surface area contributed by atoms with Gasteiger partial charge in [-0.3, -0.25) is 14.9 Å². The maximum atomic E-state index is 12.3. The van der Waals surface area contributed by atoms with Crippen molar-refractivity contribution in [3.8, 4) is 0 Å². The fraction of sp³-hybridized carbons (Fsp3) is 0. The largest absolute Gasteiger partial charge is 0.393 e. The molecule has 0 aromatic heterocycles. The molecular weight excluding hydrogens is 406 g/mol. The lowest BCUT2D eigenvalue weighted by molar-refractivity contribution is -0.383. The van der Waals surface area contributed by atoms with Crippen molar-refractivity contribution >= 4 is 54.8 Å². The topological polar surface area (TPSA) is 98.3 Å². The Morgan fingerprint density at radius 2 is 1.71 bits per heavy atom. The molecule has 3 N–H and O–H groups in total. The molecule has 8 heteroatoms. The van der Waals surface area contributed by atoms with E-state index in [1.54, 1.807) is 18.2 Å². The standard InChI is InChI=1S/C13H9Br2N3O3/c14-8-4-2-5-9(15)12(8)17-13(19)7-3-1-6-10(11(7)16)18(20)21/h1-6H,16H2,(H,17,19). The predicted octanol–water partition coefficient (Wildman–Crippen LogP) is 3.95. The summed E-state index contributed by atoms with van der Waals surface area (Å²) >= 11 is 6.64. The molecule has 1 amide bonds. The van der Waals surface area contributed by atoms with Crippen LogP contribution in [0.25, 0.3) is 0 Å². The Morgan fingerprint density at radius 3 is 2.29 bits per heavy atom. The second-order valence-corrected chi connectivity index (χ2v) is 5.75. The van der Waals surface area contributed by atoms with Crippen molar-refractivity contribution in [2.75, 3.05) is 11.1 Å². The lowest BCUT2D eigenvalue weighted by atomic mass is 10.1. The monoisotopic (exact) mass is 413 g/mol. The highest BCUT2D eigenvalue weighted by Crippen LogP contribution is 2.32. The summed E-state index contributed by atoms with van der Waals surface area (Å²) in [6.45, 7) is 0. The van der Waals surface area contributed by atoms with E-state index >= 15 is 0 Å². The highest BCUT2D eigenvalue weighted by molar-refractivity contribution is 9.11. The number of amides is 1. The van der Waals surface area contributed by atoms with Crippen LogP contribution in [0.15, 0.2) is 45.3 Å². The Bertz CT molecular complexity index is 714. The second kappa shape index (κ2) is 6.23. The quantitative estimate of drug-likeness (QED) is 0.451. The molecule has 0 spiro atoms. The van der Waals surface area contributed by atoms with Crippen LogP contribution in [0.5, 0.6) is 0 Å². The van der Waals surface area contributed by atoms with Crippen LogP contribution in [-0.4, -0.2) is 10.8 Å². The number of carbonyl (C=O) groups excluding carboxylic acids is 1. The molecule has 2 aromatic rings. The number of anilines is 2. The molecular formula is C13H9Br2N3O3. The van der Waals surface area contributed by atoms with Crippen LogP contribution >= 0.6 is 31.9 Å². The first kappa shape index (κ1) is 15.5. The van der Waals surface area contributed by atoms with E-state index < -0.39 is 10.8 Å². The molecule has 0 aliphatic carbocycles. The fourth-order valence-electron chi connectivity index (χ4n) is 1.71. The lowest BCUT2D eigenvalue weighted by Crippen LogP contribution is -2.15. The number of nitrogen functional groups attached to an aromatic ring is 1. The Hall–Kier alpha value is -1.93. The first-order chi connectivity index (χ1) is 9.91. The number of benzene rings is 2. The summed E-state index contributed by atoms with van der Waals surface area (Å²) in [4.78, 5) is 22.5. The van der Waals surface area contributed by atoms with E-state index in [0.29, 0.717) is 14.6 Å². The molecule has 0 fully saturated rings. The Kier molecular flexibility index (Phi) is 4.59. The van der Waals surface area contributed by atoms with E-state index in [1.165, 1.54) is 18.2 Å². The molecule has 2 rings (SSSR count). The van der Waals surface area contributed by atoms with E-state index in [1.807, 2.05) is 0 Å². The maximum absolute atomic E-state index is 12.3. The zero-order valence-electron chi connectivity index (χ0n) is 10.5. The number of hydrogen-bond donors (Lipinski definition) is 2.